The van der Waals surface area contributed by atoms with Gasteiger partial charge in [0, 0.05) is 17.3 Å². The third-order valence-corrected chi connectivity index (χ3v) is 2.76. The van der Waals surface area contributed by atoms with Crippen LogP contribution in [0.15, 0.2) is 36.5 Å². The monoisotopic (exact) mass is 281 g/mol. The third-order valence-electron chi connectivity index (χ3n) is 2.76. The number of hydrogen-bond acceptors (Lipinski definition) is 3. The second kappa shape index (κ2) is 5.32. The van der Waals surface area contributed by atoms with E-state index in [0.717, 1.165) is 12.1 Å². The molecule has 0 aliphatic heterocycles. The number of pyridine rings is 1. The van der Waals surface area contributed by atoms with Gasteiger partial charge in [0.25, 0.3) is 0 Å². The Balaban J connectivity index is 2.61. The number of carbonyl (C=O) groups is 1. The molecule has 2 aromatic rings. The van der Waals surface area contributed by atoms with E-state index < -0.39 is 11.7 Å². The van der Waals surface area contributed by atoms with Crippen LogP contribution in [0.4, 0.5) is 13.2 Å². The van der Waals surface area contributed by atoms with E-state index >= 15 is 0 Å². The Morgan fingerprint density at radius 1 is 1.20 bits per heavy atom. The number of aromatic nitrogens is 1. The number of aldehydes is 1. The quantitative estimate of drug-likeness (QED) is 0.807. The molecule has 0 aliphatic rings. The van der Waals surface area contributed by atoms with Crippen LogP contribution in [-0.2, 0) is 6.18 Å². The molecule has 0 fully saturated rings. The molecule has 0 amide bonds. The van der Waals surface area contributed by atoms with E-state index in [-0.39, 0.29) is 11.4 Å². The highest BCUT2D eigenvalue weighted by Crippen LogP contribution is 2.35. The van der Waals surface area contributed by atoms with E-state index in [1.165, 1.54) is 19.4 Å². The molecule has 6 heteroatoms. The highest BCUT2D eigenvalue weighted by atomic mass is 19.4. The minimum atomic E-state index is -4.49. The maximum Gasteiger partial charge on any atom is 0.416 e. The van der Waals surface area contributed by atoms with Gasteiger partial charge in [0.1, 0.15) is 0 Å². The first-order valence-corrected chi connectivity index (χ1v) is 5.63. The molecule has 0 N–H and O–H groups in total. The highest BCUT2D eigenvalue weighted by Gasteiger charge is 2.31. The van der Waals surface area contributed by atoms with E-state index in [1.54, 1.807) is 12.1 Å². The van der Waals surface area contributed by atoms with Gasteiger partial charge in [-0.05, 0) is 29.8 Å². The smallest absolute Gasteiger partial charge is 0.416 e. The summed E-state index contributed by atoms with van der Waals surface area (Å²) in [5.74, 6) is 0.246. The lowest BCUT2D eigenvalue weighted by Crippen LogP contribution is -2.06. The largest absolute Gasteiger partial charge is 0.481 e. The number of ether oxygens (including phenoxy) is 1. The van der Waals surface area contributed by atoms with Crippen molar-refractivity contribution in [3.8, 4) is 17.0 Å². The number of carbonyl (C=O) groups excluding carboxylic acids is 1. The minimum Gasteiger partial charge on any atom is -0.481 e. The zero-order valence-electron chi connectivity index (χ0n) is 10.4. The topological polar surface area (TPSA) is 39.2 Å². The third kappa shape index (κ3) is 2.64. The summed E-state index contributed by atoms with van der Waals surface area (Å²) in [7, 11) is 1.40. The van der Waals surface area contributed by atoms with Crippen molar-refractivity contribution < 1.29 is 22.7 Å². The normalized spacial score (nSPS) is 11.2. The highest BCUT2D eigenvalue weighted by molar-refractivity contribution is 5.89. The van der Waals surface area contributed by atoms with Crippen LogP contribution in [0.3, 0.4) is 0 Å². The standard InChI is InChI=1S/C14H10F3NO2/c1-20-13-12(3-2-6-18-13)11-5-4-10(14(15,16)17)7-9(11)8-19/h2-8H,1H3. The summed E-state index contributed by atoms with van der Waals surface area (Å²) in [6.45, 7) is 0. The van der Waals surface area contributed by atoms with Crippen molar-refractivity contribution in [2.75, 3.05) is 7.11 Å². The molecule has 0 spiro atoms. The fourth-order valence-corrected chi connectivity index (χ4v) is 1.84. The van der Waals surface area contributed by atoms with Crippen LogP contribution in [0.1, 0.15) is 15.9 Å². The summed E-state index contributed by atoms with van der Waals surface area (Å²) in [6, 6.07) is 6.22. The van der Waals surface area contributed by atoms with Gasteiger partial charge < -0.3 is 4.74 Å². The first kappa shape index (κ1) is 14.0. The van der Waals surface area contributed by atoms with E-state index in [2.05, 4.69) is 4.98 Å². The summed E-state index contributed by atoms with van der Waals surface area (Å²) in [4.78, 5) is 15.0. The van der Waals surface area contributed by atoms with Gasteiger partial charge in [0.05, 0.1) is 12.7 Å². The lowest BCUT2D eigenvalue weighted by atomic mass is 9.99. The molecule has 1 aromatic heterocycles. The number of hydrogen-bond donors (Lipinski definition) is 0. The van der Waals surface area contributed by atoms with Gasteiger partial charge in [0.15, 0.2) is 6.29 Å². The molecule has 0 bridgehead atoms. The van der Waals surface area contributed by atoms with Crippen LogP contribution in [0.5, 0.6) is 5.88 Å². The van der Waals surface area contributed by atoms with Gasteiger partial charge >= 0.3 is 6.18 Å². The number of halogens is 3. The molecule has 3 nitrogen and oxygen atoms in total. The molecular weight excluding hydrogens is 271 g/mol. The molecule has 0 saturated carbocycles. The number of methoxy groups -OCH3 is 1. The Kier molecular flexibility index (Phi) is 3.74. The van der Waals surface area contributed by atoms with E-state index in [0.29, 0.717) is 17.4 Å². The number of nitrogens with zero attached hydrogens (tertiary/aromatic N) is 1. The Hall–Kier alpha value is -2.37. The molecule has 1 aromatic carbocycles. The summed E-state index contributed by atoms with van der Waals surface area (Å²) < 4.78 is 42.9. The molecule has 0 atom stereocenters. The average Bonchev–Trinajstić information content (AvgIpc) is 2.45. The van der Waals surface area contributed by atoms with Crippen LogP contribution in [-0.4, -0.2) is 18.4 Å². The van der Waals surface area contributed by atoms with Crippen molar-refractivity contribution in [2.24, 2.45) is 0 Å². The van der Waals surface area contributed by atoms with E-state index in [4.69, 9.17) is 4.74 Å². The minimum absolute atomic E-state index is 0.0638. The Bertz CT molecular complexity index is 639. The molecule has 20 heavy (non-hydrogen) atoms. The summed E-state index contributed by atoms with van der Waals surface area (Å²) in [5.41, 5.74) is -0.124. The van der Waals surface area contributed by atoms with Crippen LogP contribution >= 0.6 is 0 Å². The van der Waals surface area contributed by atoms with E-state index in [9.17, 15) is 18.0 Å². The maximum atomic E-state index is 12.6. The molecule has 2 rings (SSSR count). The predicted molar refractivity (Wildman–Crippen MR) is 66.6 cm³/mol. The maximum absolute atomic E-state index is 12.6. The van der Waals surface area contributed by atoms with Crippen LogP contribution in [0, 0.1) is 0 Å². The molecular formula is C14H10F3NO2. The number of benzene rings is 1. The van der Waals surface area contributed by atoms with Crippen molar-refractivity contribution in [2.45, 2.75) is 6.18 Å². The summed E-state index contributed by atoms with van der Waals surface area (Å²) in [5, 5.41) is 0. The fourth-order valence-electron chi connectivity index (χ4n) is 1.84. The van der Waals surface area contributed by atoms with E-state index in [1.807, 2.05) is 0 Å². The van der Waals surface area contributed by atoms with Crippen LogP contribution in [0.2, 0.25) is 0 Å². The molecule has 104 valence electrons. The number of rotatable bonds is 3. The molecule has 0 saturated heterocycles. The molecule has 0 radical (unpaired) electrons. The lowest BCUT2D eigenvalue weighted by molar-refractivity contribution is -0.137. The van der Waals surface area contributed by atoms with Crippen molar-refractivity contribution in [3.05, 3.63) is 47.7 Å². The van der Waals surface area contributed by atoms with Gasteiger partial charge in [-0.15, -0.1) is 0 Å². The van der Waals surface area contributed by atoms with Crippen molar-refractivity contribution in [1.82, 2.24) is 4.98 Å². The predicted octanol–water partition coefficient (Wildman–Crippen LogP) is 3.59. The van der Waals surface area contributed by atoms with Crippen molar-refractivity contribution >= 4 is 6.29 Å². The number of alkyl halides is 3. The molecule has 0 aliphatic carbocycles. The Morgan fingerprint density at radius 3 is 2.55 bits per heavy atom. The molecule has 0 unspecified atom stereocenters. The molecule has 1 heterocycles. The van der Waals surface area contributed by atoms with Gasteiger partial charge in [-0.1, -0.05) is 6.07 Å². The average molecular weight is 281 g/mol. The van der Waals surface area contributed by atoms with Crippen LogP contribution in [0.25, 0.3) is 11.1 Å². The van der Waals surface area contributed by atoms with Gasteiger partial charge in [-0.2, -0.15) is 13.2 Å². The summed E-state index contributed by atoms with van der Waals surface area (Å²) >= 11 is 0. The second-order valence-corrected chi connectivity index (χ2v) is 3.98. The van der Waals surface area contributed by atoms with Gasteiger partial charge in [-0.3, -0.25) is 4.79 Å². The zero-order chi connectivity index (χ0) is 14.8. The fraction of sp³-hybridized carbons (Fsp3) is 0.143. The second-order valence-electron chi connectivity index (χ2n) is 3.98. The Morgan fingerprint density at radius 2 is 1.95 bits per heavy atom. The van der Waals surface area contributed by atoms with Crippen molar-refractivity contribution in [1.29, 1.82) is 0 Å². The van der Waals surface area contributed by atoms with Gasteiger partial charge in [-0.25, -0.2) is 4.98 Å². The Labute approximate surface area is 113 Å². The SMILES string of the molecule is COc1ncccc1-c1ccc(C(F)(F)F)cc1C=O. The van der Waals surface area contributed by atoms with Gasteiger partial charge in [0.2, 0.25) is 5.88 Å². The summed E-state index contributed by atoms with van der Waals surface area (Å²) in [6.07, 6.45) is -2.61. The first-order valence-electron chi connectivity index (χ1n) is 5.63. The first-order chi connectivity index (χ1) is 9.47. The van der Waals surface area contributed by atoms with Crippen LogP contribution < -0.4 is 4.74 Å². The zero-order valence-corrected chi connectivity index (χ0v) is 10.4. The lowest BCUT2D eigenvalue weighted by Gasteiger charge is -2.12. The van der Waals surface area contributed by atoms with Crippen molar-refractivity contribution in [3.63, 3.8) is 0 Å².